The van der Waals surface area contributed by atoms with E-state index in [-0.39, 0.29) is 5.56 Å². The molecule has 0 aliphatic rings. The second-order valence-corrected chi connectivity index (χ2v) is 5.93. The van der Waals surface area contributed by atoms with E-state index in [0.29, 0.717) is 17.2 Å². The summed E-state index contributed by atoms with van der Waals surface area (Å²) in [5.41, 5.74) is 6.87. The van der Waals surface area contributed by atoms with E-state index in [4.69, 9.17) is 5.73 Å². The summed E-state index contributed by atoms with van der Waals surface area (Å²) in [7, 11) is 0. The first-order chi connectivity index (χ1) is 10.1. The topological polar surface area (TPSA) is 69.6 Å². The number of tetrazole rings is 1. The summed E-state index contributed by atoms with van der Waals surface area (Å²) in [6.45, 7) is 0. The molecule has 3 rings (SSSR count). The number of nitrogen functional groups attached to an aromatic ring is 1. The number of hydrogen-bond acceptors (Lipinski definition) is 4. The number of anilines is 1. The second-order valence-electron chi connectivity index (χ2n) is 4.22. The van der Waals surface area contributed by atoms with Crippen LogP contribution in [0.4, 0.5) is 10.1 Å². The first-order valence-electron chi connectivity index (χ1n) is 5.86. The van der Waals surface area contributed by atoms with Crippen LogP contribution in [0.1, 0.15) is 0 Å². The number of para-hydroxylation sites is 1. The van der Waals surface area contributed by atoms with Gasteiger partial charge in [-0.1, -0.05) is 6.07 Å². The average molecular weight is 413 g/mol. The molecule has 2 aromatic carbocycles. The van der Waals surface area contributed by atoms with Gasteiger partial charge in [-0.2, -0.15) is 4.68 Å². The summed E-state index contributed by atoms with van der Waals surface area (Å²) in [5, 5.41) is 11.5. The van der Waals surface area contributed by atoms with E-state index in [1.165, 1.54) is 10.7 Å². The standard InChI is InChI=1S/C13H8Br2FN5/c14-9-2-1-3-10(15)12(9)21-13(18-19-20-21)8-5-4-7(17)6-11(8)16/h1-6H,17H2. The molecule has 1 heterocycles. The minimum Gasteiger partial charge on any atom is -0.399 e. The first kappa shape index (κ1) is 14.2. The largest absolute Gasteiger partial charge is 0.399 e. The van der Waals surface area contributed by atoms with Crippen molar-refractivity contribution in [3.05, 3.63) is 51.2 Å². The highest BCUT2D eigenvalue weighted by Gasteiger charge is 2.18. The molecule has 1 aromatic heterocycles. The van der Waals surface area contributed by atoms with Crippen molar-refractivity contribution in [3.8, 4) is 17.1 Å². The quantitative estimate of drug-likeness (QED) is 0.653. The molecule has 106 valence electrons. The van der Waals surface area contributed by atoms with Gasteiger partial charge in [-0.3, -0.25) is 0 Å². The van der Waals surface area contributed by atoms with E-state index in [9.17, 15) is 4.39 Å². The number of nitrogens with zero attached hydrogens (tertiary/aromatic N) is 4. The third-order valence-electron chi connectivity index (χ3n) is 2.85. The van der Waals surface area contributed by atoms with Crippen molar-refractivity contribution >= 4 is 37.5 Å². The molecule has 8 heteroatoms. The lowest BCUT2D eigenvalue weighted by Crippen LogP contribution is -2.03. The van der Waals surface area contributed by atoms with Crippen LogP contribution in [0.2, 0.25) is 0 Å². The Bertz CT molecular complexity index is 798. The van der Waals surface area contributed by atoms with Crippen LogP contribution in [-0.2, 0) is 0 Å². The molecule has 0 spiro atoms. The molecule has 3 aromatic rings. The SMILES string of the molecule is Nc1ccc(-c2nnnn2-c2c(Br)cccc2Br)c(F)c1. The van der Waals surface area contributed by atoms with Crippen molar-refractivity contribution in [1.82, 2.24) is 20.2 Å². The minimum atomic E-state index is -0.478. The summed E-state index contributed by atoms with van der Waals surface area (Å²) in [5.74, 6) is -0.186. The molecule has 0 unspecified atom stereocenters. The van der Waals surface area contributed by atoms with E-state index in [0.717, 1.165) is 8.95 Å². The van der Waals surface area contributed by atoms with Crippen molar-refractivity contribution in [3.63, 3.8) is 0 Å². The summed E-state index contributed by atoms with van der Waals surface area (Å²) < 4.78 is 17.1. The molecular formula is C13H8Br2FN5. The van der Waals surface area contributed by atoms with Crippen LogP contribution in [0.3, 0.4) is 0 Å². The van der Waals surface area contributed by atoms with Crippen molar-refractivity contribution in [2.24, 2.45) is 0 Å². The molecule has 0 fully saturated rings. The fraction of sp³-hybridized carbons (Fsp3) is 0. The van der Waals surface area contributed by atoms with Crippen LogP contribution in [0, 0.1) is 5.82 Å². The zero-order chi connectivity index (χ0) is 15.0. The van der Waals surface area contributed by atoms with E-state index in [1.807, 2.05) is 18.2 Å². The van der Waals surface area contributed by atoms with E-state index in [1.54, 1.807) is 12.1 Å². The predicted octanol–water partition coefficient (Wildman–Crippen LogP) is 3.58. The highest BCUT2D eigenvalue weighted by Crippen LogP contribution is 2.32. The maximum absolute atomic E-state index is 14.1. The molecule has 0 radical (unpaired) electrons. The Balaban J connectivity index is 2.22. The van der Waals surface area contributed by atoms with Gasteiger partial charge in [-0.15, -0.1) is 5.10 Å². The van der Waals surface area contributed by atoms with Gasteiger partial charge in [-0.25, -0.2) is 4.39 Å². The van der Waals surface area contributed by atoms with Crippen LogP contribution in [0.5, 0.6) is 0 Å². The monoisotopic (exact) mass is 411 g/mol. The van der Waals surface area contributed by atoms with Crippen molar-refractivity contribution in [1.29, 1.82) is 0 Å². The Morgan fingerprint density at radius 2 is 1.81 bits per heavy atom. The molecular weight excluding hydrogens is 405 g/mol. The van der Waals surface area contributed by atoms with Crippen LogP contribution < -0.4 is 5.73 Å². The van der Waals surface area contributed by atoms with Gasteiger partial charge in [0, 0.05) is 14.6 Å². The molecule has 0 amide bonds. The van der Waals surface area contributed by atoms with E-state index < -0.39 is 5.82 Å². The Morgan fingerprint density at radius 1 is 1.10 bits per heavy atom. The number of benzene rings is 2. The fourth-order valence-electron chi connectivity index (χ4n) is 1.91. The molecule has 0 aliphatic carbocycles. The van der Waals surface area contributed by atoms with Gasteiger partial charge >= 0.3 is 0 Å². The van der Waals surface area contributed by atoms with Crippen molar-refractivity contribution < 1.29 is 4.39 Å². The van der Waals surface area contributed by atoms with Crippen LogP contribution in [-0.4, -0.2) is 20.2 Å². The Labute approximate surface area is 136 Å². The smallest absolute Gasteiger partial charge is 0.190 e. The number of halogens is 3. The summed E-state index contributed by atoms with van der Waals surface area (Å²) >= 11 is 6.89. The lowest BCUT2D eigenvalue weighted by Gasteiger charge is -2.09. The highest BCUT2D eigenvalue weighted by atomic mass is 79.9. The molecule has 0 aliphatic heterocycles. The summed E-state index contributed by atoms with van der Waals surface area (Å²) in [6, 6.07) is 9.97. The van der Waals surface area contributed by atoms with Crippen molar-refractivity contribution in [2.75, 3.05) is 5.73 Å². The fourth-order valence-corrected chi connectivity index (χ4v) is 3.24. The number of nitrogens with two attached hydrogens (primary N) is 1. The highest BCUT2D eigenvalue weighted by molar-refractivity contribution is 9.11. The van der Waals surface area contributed by atoms with Crippen LogP contribution >= 0.6 is 31.9 Å². The van der Waals surface area contributed by atoms with Gasteiger partial charge in [0.2, 0.25) is 0 Å². The number of rotatable bonds is 2. The molecule has 5 nitrogen and oxygen atoms in total. The van der Waals surface area contributed by atoms with Gasteiger partial charge in [0.25, 0.3) is 0 Å². The van der Waals surface area contributed by atoms with E-state index in [2.05, 4.69) is 47.4 Å². The van der Waals surface area contributed by atoms with Gasteiger partial charge in [0.05, 0.1) is 11.3 Å². The molecule has 21 heavy (non-hydrogen) atoms. The molecule has 0 saturated heterocycles. The average Bonchev–Trinajstić information content (AvgIpc) is 2.87. The number of aromatic nitrogens is 4. The molecule has 0 bridgehead atoms. The minimum absolute atomic E-state index is 0.275. The van der Waals surface area contributed by atoms with Gasteiger partial charge in [0.15, 0.2) is 5.82 Å². The summed E-state index contributed by atoms with van der Waals surface area (Å²) in [4.78, 5) is 0. The second kappa shape index (κ2) is 5.53. The maximum Gasteiger partial charge on any atom is 0.190 e. The van der Waals surface area contributed by atoms with E-state index >= 15 is 0 Å². The third-order valence-corrected chi connectivity index (χ3v) is 4.13. The third kappa shape index (κ3) is 2.56. The lowest BCUT2D eigenvalue weighted by molar-refractivity contribution is 0.629. The lowest BCUT2D eigenvalue weighted by atomic mass is 10.2. The predicted molar refractivity (Wildman–Crippen MR) is 84.4 cm³/mol. The molecule has 0 saturated carbocycles. The zero-order valence-electron chi connectivity index (χ0n) is 10.5. The normalized spacial score (nSPS) is 10.8. The Kier molecular flexibility index (Phi) is 3.73. The zero-order valence-corrected chi connectivity index (χ0v) is 13.6. The Morgan fingerprint density at radius 3 is 2.48 bits per heavy atom. The molecule has 2 N–H and O–H groups in total. The van der Waals surface area contributed by atoms with Gasteiger partial charge in [0.1, 0.15) is 5.82 Å². The van der Waals surface area contributed by atoms with Gasteiger partial charge in [-0.05, 0) is 72.6 Å². The van der Waals surface area contributed by atoms with Crippen LogP contribution in [0.25, 0.3) is 17.1 Å². The van der Waals surface area contributed by atoms with Crippen LogP contribution in [0.15, 0.2) is 45.3 Å². The Hall–Kier alpha value is -1.80. The number of hydrogen-bond donors (Lipinski definition) is 1. The van der Waals surface area contributed by atoms with Crippen molar-refractivity contribution in [2.45, 2.75) is 0 Å². The summed E-state index contributed by atoms with van der Waals surface area (Å²) in [6.07, 6.45) is 0. The first-order valence-corrected chi connectivity index (χ1v) is 7.44. The molecule has 0 atom stereocenters. The maximum atomic E-state index is 14.1. The van der Waals surface area contributed by atoms with Gasteiger partial charge < -0.3 is 5.73 Å².